The molecule has 0 N–H and O–H groups in total. The van der Waals surface area contributed by atoms with Crippen LogP contribution in [0.1, 0.15) is 17.3 Å². The predicted octanol–water partition coefficient (Wildman–Crippen LogP) is 2.70. The minimum absolute atomic E-state index is 0.0283. The first-order chi connectivity index (χ1) is 11.8. The lowest BCUT2D eigenvalue weighted by Gasteiger charge is -2.12. The molecule has 0 amide bonds. The van der Waals surface area contributed by atoms with Crippen LogP contribution in [0.5, 0.6) is 5.75 Å². The maximum absolute atomic E-state index is 12.5. The molecule has 134 valence electrons. The number of Topliss-reactive ketones (excluding diaryl/α,β-unsaturated/α-hetero) is 1. The van der Waals surface area contributed by atoms with Gasteiger partial charge in [-0.05, 0) is 43.3 Å². The lowest BCUT2D eigenvalue weighted by molar-refractivity contribution is 0.0994. The fourth-order valence-corrected chi connectivity index (χ4v) is 3.74. The molecule has 0 radical (unpaired) electrons. The van der Waals surface area contributed by atoms with Gasteiger partial charge in [-0.2, -0.15) is 0 Å². The van der Waals surface area contributed by atoms with E-state index in [0.29, 0.717) is 16.3 Å². The van der Waals surface area contributed by atoms with E-state index >= 15 is 0 Å². The molecule has 0 aliphatic heterocycles. The Kier molecular flexibility index (Phi) is 6.21. The topological polar surface area (TPSA) is 76.6 Å². The van der Waals surface area contributed by atoms with E-state index < -0.39 is 10.0 Å². The van der Waals surface area contributed by atoms with Gasteiger partial charge in [-0.15, -0.1) is 0 Å². The van der Waals surface area contributed by atoms with Crippen molar-refractivity contribution in [3.05, 3.63) is 48.2 Å². The van der Waals surface area contributed by atoms with E-state index in [1.54, 1.807) is 44.4 Å². The summed E-state index contributed by atoms with van der Waals surface area (Å²) in [5, 5.41) is 0.240. The highest BCUT2D eigenvalue weighted by Crippen LogP contribution is 2.25. The molecule has 1 aromatic carbocycles. The molecular formula is C17H20N2O4S2. The van der Waals surface area contributed by atoms with Gasteiger partial charge in [0.25, 0.3) is 0 Å². The number of sulfonamides is 1. The van der Waals surface area contributed by atoms with Crippen molar-refractivity contribution in [3.63, 3.8) is 0 Å². The van der Waals surface area contributed by atoms with Crippen molar-refractivity contribution in [2.45, 2.75) is 22.1 Å². The second-order valence-corrected chi connectivity index (χ2v) is 8.99. The fourth-order valence-electron chi connectivity index (χ4n) is 2.02. The molecule has 1 atom stereocenters. The number of nitrogens with zero attached hydrogens (tertiary/aromatic N) is 2. The molecule has 0 saturated heterocycles. The van der Waals surface area contributed by atoms with Crippen LogP contribution in [0.15, 0.2) is 52.5 Å². The van der Waals surface area contributed by atoms with Gasteiger partial charge >= 0.3 is 0 Å². The number of benzene rings is 1. The molecule has 6 nitrogen and oxygen atoms in total. The van der Waals surface area contributed by atoms with Gasteiger partial charge in [-0.1, -0.05) is 11.8 Å². The third kappa shape index (κ3) is 4.59. The van der Waals surface area contributed by atoms with Gasteiger partial charge in [0.05, 0.1) is 17.4 Å². The average molecular weight is 380 g/mol. The third-order valence-corrected chi connectivity index (χ3v) is 6.38. The van der Waals surface area contributed by atoms with Crippen molar-refractivity contribution in [2.24, 2.45) is 0 Å². The Labute approximate surface area is 152 Å². The van der Waals surface area contributed by atoms with Crippen molar-refractivity contribution in [2.75, 3.05) is 21.2 Å². The molecule has 0 spiro atoms. The number of ketones is 1. The Bertz CT molecular complexity index is 832. The van der Waals surface area contributed by atoms with E-state index in [1.165, 1.54) is 38.1 Å². The van der Waals surface area contributed by atoms with Gasteiger partial charge in [-0.3, -0.25) is 4.79 Å². The number of carbonyl (C=O) groups is 1. The van der Waals surface area contributed by atoms with Gasteiger partial charge in [0.2, 0.25) is 10.0 Å². The summed E-state index contributed by atoms with van der Waals surface area (Å²) in [5.74, 6) is 0.663. The van der Waals surface area contributed by atoms with Crippen molar-refractivity contribution in [1.29, 1.82) is 0 Å². The van der Waals surface area contributed by atoms with Gasteiger partial charge in [0.15, 0.2) is 5.78 Å². The first-order valence-electron chi connectivity index (χ1n) is 7.49. The number of ether oxygens (including phenoxy) is 1. The number of hydrogen-bond acceptors (Lipinski definition) is 6. The van der Waals surface area contributed by atoms with Crippen LogP contribution in [-0.4, -0.2) is 49.9 Å². The van der Waals surface area contributed by atoms with Crippen LogP contribution in [-0.2, 0) is 10.0 Å². The van der Waals surface area contributed by atoms with Crippen LogP contribution < -0.4 is 4.74 Å². The van der Waals surface area contributed by atoms with Gasteiger partial charge in [0, 0.05) is 25.9 Å². The number of rotatable bonds is 7. The highest BCUT2D eigenvalue weighted by Gasteiger charge is 2.20. The molecule has 1 heterocycles. The highest BCUT2D eigenvalue weighted by atomic mass is 32.2. The fraction of sp³-hybridized carbons (Fsp3) is 0.294. The van der Waals surface area contributed by atoms with Crippen LogP contribution >= 0.6 is 11.8 Å². The number of methoxy groups -OCH3 is 1. The molecule has 1 aromatic heterocycles. The number of aromatic nitrogens is 1. The molecule has 2 rings (SSSR count). The van der Waals surface area contributed by atoms with Crippen LogP contribution in [0.3, 0.4) is 0 Å². The van der Waals surface area contributed by atoms with Gasteiger partial charge in [0.1, 0.15) is 10.6 Å². The summed E-state index contributed by atoms with van der Waals surface area (Å²) in [5.41, 5.74) is 0.590. The molecule has 8 heteroatoms. The van der Waals surface area contributed by atoms with E-state index in [9.17, 15) is 13.2 Å². The Hall–Kier alpha value is -1.90. The summed E-state index contributed by atoms with van der Waals surface area (Å²) >= 11 is 1.28. The van der Waals surface area contributed by atoms with Crippen LogP contribution in [0.2, 0.25) is 0 Å². The second-order valence-electron chi connectivity index (χ2n) is 5.47. The summed E-state index contributed by atoms with van der Waals surface area (Å²) < 4.78 is 30.3. The van der Waals surface area contributed by atoms with E-state index in [0.717, 1.165) is 4.31 Å². The maximum Gasteiger partial charge on any atom is 0.244 e. The lowest BCUT2D eigenvalue weighted by Crippen LogP contribution is -2.22. The Morgan fingerprint density at radius 2 is 1.80 bits per heavy atom. The largest absolute Gasteiger partial charge is 0.497 e. The number of pyridine rings is 1. The SMILES string of the molecule is COc1ccc(C(=O)C(C)Sc2ccc(S(=O)(=O)N(C)C)cn2)cc1. The van der Waals surface area contributed by atoms with E-state index in [-0.39, 0.29) is 15.9 Å². The van der Waals surface area contributed by atoms with Crippen molar-refractivity contribution in [1.82, 2.24) is 9.29 Å². The summed E-state index contributed by atoms with van der Waals surface area (Å²) in [7, 11) is 0.997. The molecule has 2 aromatic rings. The molecular weight excluding hydrogens is 360 g/mol. The Morgan fingerprint density at radius 3 is 2.28 bits per heavy atom. The second kappa shape index (κ2) is 7.99. The predicted molar refractivity (Wildman–Crippen MR) is 97.8 cm³/mol. The molecule has 25 heavy (non-hydrogen) atoms. The zero-order valence-corrected chi connectivity index (χ0v) is 16.1. The standard InChI is InChI=1S/C17H20N2O4S2/c1-12(17(20)13-5-7-14(23-4)8-6-13)24-16-10-9-15(11-18-16)25(21,22)19(2)3/h5-12H,1-4H3. The van der Waals surface area contributed by atoms with Crippen LogP contribution in [0.4, 0.5) is 0 Å². The quantitative estimate of drug-likeness (QED) is 0.543. The monoisotopic (exact) mass is 380 g/mol. The number of carbonyl (C=O) groups excluding carboxylic acids is 1. The Balaban J connectivity index is 2.09. The smallest absolute Gasteiger partial charge is 0.244 e. The molecule has 0 saturated carbocycles. The van der Waals surface area contributed by atoms with E-state index in [2.05, 4.69) is 4.98 Å². The summed E-state index contributed by atoms with van der Waals surface area (Å²) in [6.07, 6.45) is 1.31. The van der Waals surface area contributed by atoms with Crippen molar-refractivity contribution in [3.8, 4) is 5.75 Å². The number of thioether (sulfide) groups is 1. The molecule has 0 aliphatic rings. The zero-order valence-electron chi connectivity index (χ0n) is 14.5. The maximum atomic E-state index is 12.5. The third-order valence-electron chi connectivity index (χ3n) is 3.53. The molecule has 1 unspecified atom stereocenters. The first kappa shape index (κ1) is 19.4. The van der Waals surface area contributed by atoms with Gasteiger partial charge in [-0.25, -0.2) is 17.7 Å². The van der Waals surface area contributed by atoms with Crippen LogP contribution in [0, 0.1) is 0 Å². The van der Waals surface area contributed by atoms with Gasteiger partial charge < -0.3 is 4.74 Å². The minimum Gasteiger partial charge on any atom is -0.497 e. The van der Waals surface area contributed by atoms with Crippen molar-refractivity contribution < 1.29 is 17.9 Å². The van der Waals surface area contributed by atoms with E-state index in [4.69, 9.17) is 4.74 Å². The summed E-state index contributed by atoms with van der Waals surface area (Å²) in [4.78, 5) is 16.7. The highest BCUT2D eigenvalue weighted by molar-refractivity contribution is 8.00. The normalized spacial score (nSPS) is 12.8. The summed E-state index contributed by atoms with van der Waals surface area (Å²) in [6, 6.07) is 10.0. The first-order valence-corrected chi connectivity index (χ1v) is 9.81. The number of hydrogen-bond donors (Lipinski definition) is 0. The Morgan fingerprint density at radius 1 is 1.16 bits per heavy atom. The minimum atomic E-state index is -3.51. The lowest BCUT2D eigenvalue weighted by atomic mass is 10.1. The average Bonchev–Trinajstić information content (AvgIpc) is 2.61. The van der Waals surface area contributed by atoms with Crippen LogP contribution in [0.25, 0.3) is 0 Å². The molecule has 0 bridgehead atoms. The molecule has 0 aliphatic carbocycles. The zero-order chi connectivity index (χ0) is 18.6. The van der Waals surface area contributed by atoms with E-state index in [1.807, 2.05) is 0 Å². The molecule has 0 fully saturated rings. The summed E-state index contributed by atoms with van der Waals surface area (Å²) in [6.45, 7) is 1.80. The van der Waals surface area contributed by atoms with Crippen molar-refractivity contribution >= 4 is 27.6 Å².